The SMILES string of the molecule is C[C@H](NC(=O)[C@H](CCCN=C(N)N)NC(=O)CN)C(=O)N1CCCC[C@H]1C(=O)O. The third-order valence-corrected chi connectivity index (χ3v) is 4.58. The molecule has 0 aromatic rings. The van der Waals surface area contributed by atoms with E-state index in [0.29, 0.717) is 25.8 Å². The molecule has 0 aliphatic carbocycles. The van der Waals surface area contributed by atoms with E-state index in [9.17, 15) is 24.3 Å². The second-order valence-electron chi connectivity index (χ2n) is 6.88. The van der Waals surface area contributed by atoms with Gasteiger partial charge in [-0.2, -0.15) is 0 Å². The average Bonchev–Trinajstić information content (AvgIpc) is 2.68. The molecule has 29 heavy (non-hydrogen) atoms. The molecule has 0 radical (unpaired) electrons. The third kappa shape index (κ3) is 7.94. The number of carbonyl (C=O) groups is 4. The molecule has 1 heterocycles. The first-order valence-corrected chi connectivity index (χ1v) is 9.55. The molecule has 1 fully saturated rings. The number of nitrogens with zero attached hydrogens (tertiary/aromatic N) is 2. The van der Waals surface area contributed by atoms with Crippen molar-refractivity contribution in [3.8, 4) is 0 Å². The quantitative estimate of drug-likeness (QED) is 0.127. The maximum absolute atomic E-state index is 12.7. The second-order valence-corrected chi connectivity index (χ2v) is 6.88. The predicted molar refractivity (Wildman–Crippen MR) is 105 cm³/mol. The van der Waals surface area contributed by atoms with Gasteiger partial charge in [-0.1, -0.05) is 0 Å². The highest BCUT2D eigenvalue weighted by molar-refractivity contribution is 5.93. The highest BCUT2D eigenvalue weighted by atomic mass is 16.4. The van der Waals surface area contributed by atoms with Crippen LogP contribution in [0.1, 0.15) is 39.0 Å². The molecule has 0 bridgehead atoms. The second kappa shape index (κ2) is 11.8. The summed E-state index contributed by atoms with van der Waals surface area (Å²) < 4.78 is 0. The van der Waals surface area contributed by atoms with Gasteiger partial charge in [0.25, 0.3) is 0 Å². The number of hydrogen-bond donors (Lipinski definition) is 6. The van der Waals surface area contributed by atoms with E-state index in [2.05, 4.69) is 15.6 Å². The number of carbonyl (C=O) groups excluding carboxylic acids is 3. The maximum atomic E-state index is 12.7. The summed E-state index contributed by atoms with van der Waals surface area (Å²) in [4.78, 5) is 53.4. The van der Waals surface area contributed by atoms with Crippen LogP contribution < -0.4 is 27.8 Å². The van der Waals surface area contributed by atoms with E-state index in [4.69, 9.17) is 17.2 Å². The zero-order chi connectivity index (χ0) is 22.0. The van der Waals surface area contributed by atoms with Crippen molar-refractivity contribution in [1.82, 2.24) is 15.5 Å². The molecule has 3 atom stereocenters. The molecular weight excluding hydrogens is 382 g/mol. The van der Waals surface area contributed by atoms with Crippen LogP contribution in [0.4, 0.5) is 0 Å². The van der Waals surface area contributed by atoms with Gasteiger partial charge in [-0.05, 0) is 39.0 Å². The topological polar surface area (TPSA) is 206 Å². The van der Waals surface area contributed by atoms with Gasteiger partial charge in [-0.25, -0.2) is 4.79 Å². The molecule has 12 heteroatoms. The minimum Gasteiger partial charge on any atom is -0.480 e. The zero-order valence-corrected chi connectivity index (χ0v) is 16.6. The van der Waals surface area contributed by atoms with Gasteiger partial charge in [0.05, 0.1) is 6.54 Å². The maximum Gasteiger partial charge on any atom is 0.326 e. The monoisotopic (exact) mass is 413 g/mol. The highest BCUT2D eigenvalue weighted by Gasteiger charge is 2.35. The summed E-state index contributed by atoms with van der Waals surface area (Å²) in [5.41, 5.74) is 15.8. The van der Waals surface area contributed by atoms with Crippen LogP contribution in [0.25, 0.3) is 0 Å². The number of carboxylic acids is 1. The lowest BCUT2D eigenvalue weighted by molar-refractivity contribution is -0.153. The molecule has 1 saturated heterocycles. The molecule has 12 nitrogen and oxygen atoms in total. The molecule has 0 aromatic carbocycles. The first-order chi connectivity index (χ1) is 13.7. The van der Waals surface area contributed by atoms with Gasteiger partial charge in [0.1, 0.15) is 18.1 Å². The van der Waals surface area contributed by atoms with Crippen molar-refractivity contribution in [2.24, 2.45) is 22.2 Å². The van der Waals surface area contributed by atoms with Crippen LogP contribution in [0.15, 0.2) is 4.99 Å². The smallest absolute Gasteiger partial charge is 0.326 e. The van der Waals surface area contributed by atoms with Gasteiger partial charge in [-0.15, -0.1) is 0 Å². The van der Waals surface area contributed by atoms with Gasteiger partial charge in [-0.3, -0.25) is 19.4 Å². The fourth-order valence-electron chi connectivity index (χ4n) is 3.10. The van der Waals surface area contributed by atoms with E-state index in [-0.39, 0.29) is 25.5 Å². The summed E-state index contributed by atoms with van der Waals surface area (Å²) in [7, 11) is 0. The predicted octanol–water partition coefficient (Wildman–Crippen LogP) is -2.55. The van der Waals surface area contributed by atoms with Gasteiger partial charge in [0.15, 0.2) is 5.96 Å². The molecule has 164 valence electrons. The van der Waals surface area contributed by atoms with Crippen LogP contribution in [-0.2, 0) is 19.2 Å². The van der Waals surface area contributed by atoms with Crippen LogP contribution in [0.3, 0.4) is 0 Å². The standard InChI is InChI=1S/C17H31N7O5/c1-10(15(27)24-8-3-2-6-12(24)16(28)29)22-14(26)11(23-13(25)9-18)5-4-7-21-17(19)20/h10-12H,2-9,18H2,1H3,(H,22,26)(H,23,25)(H,28,29)(H4,19,20,21)/t10-,11-,12-/m0/s1. The summed E-state index contributed by atoms with van der Waals surface area (Å²) in [5, 5.41) is 14.4. The lowest BCUT2D eigenvalue weighted by Crippen LogP contribution is -2.57. The van der Waals surface area contributed by atoms with Gasteiger partial charge in [0, 0.05) is 13.1 Å². The lowest BCUT2D eigenvalue weighted by atomic mass is 10.0. The Hall–Kier alpha value is -2.89. The van der Waals surface area contributed by atoms with E-state index in [1.165, 1.54) is 11.8 Å². The van der Waals surface area contributed by atoms with Crippen molar-refractivity contribution in [3.05, 3.63) is 0 Å². The van der Waals surface area contributed by atoms with E-state index < -0.39 is 41.8 Å². The Labute approximate surface area is 169 Å². The number of nitrogens with two attached hydrogens (primary N) is 3. The molecule has 0 saturated carbocycles. The summed E-state index contributed by atoms with van der Waals surface area (Å²) in [5.74, 6) is -2.71. The molecule has 9 N–H and O–H groups in total. The molecular formula is C17H31N7O5. The van der Waals surface area contributed by atoms with Crippen molar-refractivity contribution >= 4 is 29.7 Å². The Morgan fingerprint density at radius 1 is 1.21 bits per heavy atom. The third-order valence-electron chi connectivity index (χ3n) is 4.58. The number of hydrogen-bond acceptors (Lipinski definition) is 6. The molecule has 0 unspecified atom stereocenters. The number of guanidine groups is 1. The Morgan fingerprint density at radius 3 is 2.48 bits per heavy atom. The van der Waals surface area contributed by atoms with Crippen molar-refractivity contribution in [3.63, 3.8) is 0 Å². The molecule has 1 aliphatic heterocycles. The van der Waals surface area contributed by atoms with Crippen molar-refractivity contribution in [2.45, 2.75) is 57.2 Å². The first kappa shape index (κ1) is 24.1. The van der Waals surface area contributed by atoms with Crippen molar-refractivity contribution in [1.29, 1.82) is 0 Å². The van der Waals surface area contributed by atoms with Crippen molar-refractivity contribution < 1.29 is 24.3 Å². The number of amides is 3. The van der Waals surface area contributed by atoms with Gasteiger partial charge >= 0.3 is 5.97 Å². The van der Waals surface area contributed by atoms with Crippen molar-refractivity contribution in [2.75, 3.05) is 19.6 Å². The summed E-state index contributed by atoms with van der Waals surface area (Å²) >= 11 is 0. The summed E-state index contributed by atoms with van der Waals surface area (Å²) in [6, 6.07) is -2.77. The number of aliphatic carboxylic acids is 1. The number of carboxylic acid groups (broad SMARTS) is 1. The largest absolute Gasteiger partial charge is 0.480 e. The van der Waals surface area contributed by atoms with Crippen LogP contribution in [0.5, 0.6) is 0 Å². The Kier molecular flexibility index (Phi) is 9.86. The van der Waals surface area contributed by atoms with Crippen LogP contribution >= 0.6 is 0 Å². The molecule has 0 spiro atoms. The first-order valence-electron chi connectivity index (χ1n) is 9.55. The molecule has 1 rings (SSSR count). The normalized spacial score (nSPS) is 18.3. The lowest BCUT2D eigenvalue weighted by Gasteiger charge is -2.35. The fourth-order valence-corrected chi connectivity index (χ4v) is 3.10. The Morgan fingerprint density at radius 2 is 1.90 bits per heavy atom. The van der Waals surface area contributed by atoms with E-state index in [1.807, 2.05) is 0 Å². The zero-order valence-electron chi connectivity index (χ0n) is 16.6. The minimum atomic E-state index is -1.07. The van der Waals surface area contributed by atoms with Crippen LogP contribution in [-0.4, -0.2) is 77.4 Å². The summed E-state index contributed by atoms with van der Waals surface area (Å²) in [6.07, 6.45) is 2.45. The number of rotatable bonds is 10. The minimum absolute atomic E-state index is 0.0780. The average molecular weight is 413 g/mol. The number of aliphatic imine (C=N–C) groups is 1. The van der Waals surface area contributed by atoms with Gasteiger partial charge in [0.2, 0.25) is 17.7 Å². The van der Waals surface area contributed by atoms with Crippen LogP contribution in [0, 0.1) is 0 Å². The summed E-state index contributed by atoms with van der Waals surface area (Å²) in [6.45, 7) is 1.78. The molecule has 1 aliphatic rings. The number of likely N-dealkylation sites (tertiary alicyclic amines) is 1. The van der Waals surface area contributed by atoms with E-state index in [1.54, 1.807) is 0 Å². The number of nitrogens with one attached hydrogen (secondary N) is 2. The van der Waals surface area contributed by atoms with E-state index in [0.717, 1.165) is 6.42 Å². The van der Waals surface area contributed by atoms with E-state index >= 15 is 0 Å². The highest BCUT2D eigenvalue weighted by Crippen LogP contribution is 2.18. The Bertz CT molecular complexity index is 636. The Balaban J connectivity index is 2.74. The van der Waals surface area contributed by atoms with Gasteiger partial charge < -0.3 is 37.8 Å². The fraction of sp³-hybridized carbons (Fsp3) is 0.706. The number of piperidine rings is 1. The molecule has 0 aromatic heterocycles. The molecule has 3 amide bonds. The van der Waals surface area contributed by atoms with Crippen LogP contribution in [0.2, 0.25) is 0 Å².